The SMILES string of the molecule is CC1CCC(C(=O)N2CCC3OCCN(CCN(C)C)C3CC2)CC1.O=C(O)C(F)(F)F.O=C(O)C(F)(F)F. The van der Waals surface area contributed by atoms with Crippen LogP contribution >= 0.6 is 0 Å². The number of alkyl halides is 6. The van der Waals surface area contributed by atoms with Crippen LogP contribution in [-0.2, 0) is 19.1 Å². The molecule has 15 heteroatoms. The second-order valence-electron chi connectivity index (χ2n) is 10.3. The highest BCUT2D eigenvalue weighted by atomic mass is 19.4. The highest BCUT2D eigenvalue weighted by Crippen LogP contribution is 2.31. The first-order valence-electron chi connectivity index (χ1n) is 12.8. The van der Waals surface area contributed by atoms with Gasteiger partial charge in [-0.1, -0.05) is 6.92 Å². The molecular weight excluding hydrogens is 540 g/mol. The lowest BCUT2D eigenvalue weighted by atomic mass is 9.82. The van der Waals surface area contributed by atoms with E-state index in [0.717, 1.165) is 70.9 Å². The van der Waals surface area contributed by atoms with E-state index in [4.69, 9.17) is 24.5 Å². The summed E-state index contributed by atoms with van der Waals surface area (Å²) in [6.07, 6.45) is -3.18. The van der Waals surface area contributed by atoms with Gasteiger partial charge in [-0.05, 0) is 58.5 Å². The standard InChI is InChI=1S/C20H37N3O2.2C2HF3O2/c1-16-4-6-17(7-5-16)20(24)23-10-8-18-19(9-11-23)25-15-14-22(18)13-12-21(2)3;2*3-2(4,5)1(6)7/h16-19H,4-15H2,1-3H3;2*(H,6,7). The molecule has 0 aromatic heterocycles. The number of likely N-dealkylation sites (tertiary alicyclic amines) is 1. The molecule has 228 valence electrons. The van der Waals surface area contributed by atoms with Crippen molar-refractivity contribution in [2.24, 2.45) is 11.8 Å². The number of nitrogens with zero attached hydrogens (tertiary/aromatic N) is 3. The molecule has 2 unspecified atom stereocenters. The second kappa shape index (κ2) is 15.6. The van der Waals surface area contributed by atoms with E-state index in [1.54, 1.807) is 0 Å². The molecule has 2 atom stereocenters. The Morgan fingerprint density at radius 1 is 0.846 bits per heavy atom. The van der Waals surface area contributed by atoms with Crippen molar-refractivity contribution in [2.45, 2.75) is 69.9 Å². The van der Waals surface area contributed by atoms with Crippen LogP contribution in [0.5, 0.6) is 0 Å². The number of carboxylic acids is 2. The molecule has 0 radical (unpaired) electrons. The minimum Gasteiger partial charge on any atom is -0.475 e. The molecule has 2 heterocycles. The fourth-order valence-corrected chi connectivity index (χ4v) is 4.75. The summed E-state index contributed by atoms with van der Waals surface area (Å²) in [6, 6.07) is 0.484. The summed E-state index contributed by atoms with van der Waals surface area (Å²) < 4.78 is 69.6. The number of hydrogen-bond acceptors (Lipinski definition) is 6. The maximum Gasteiger partial charge on any atom is 0.490 e. The Labute approximate surface area is 224 Å². The average molecular weight is 580 g/mol. The summed E-state index contributed by atoms with van der Waals surface area (Å²) >= 11 is 0. The Kier molecular flexibility index (Phi) is 14.0. The largest absolute Gasteiger partial charge is 0.490 e. The normalized spacial score (nSPS) is 26.3. The van der Waals surface area contributed by atoms with Gasteiger partial charge in [-0.3, -0.25) is 9.69 Å². The summed E-state index contributed by atoms with van der Waals surface area (Å²) in [5.74, 6) is -4.01. The molecule has 0 aromatic carbocycles. The van der Waals surface area contributed by atoms with Gasteiger partial charge >= 0.3 is 24.3 Å². The third kappa shape index (κ3) is 12.7. The van der Waals surface area contributed by atoms with E-state index in [1.807, 2.05) is 0 Å². The van der Waals surface area contributed by atoms with Gasteiger partial charge in [0.25, 0.3) is 0 Å². The molecule has 3 rings (SSSR count). The van der Waals surface area contributed by atoms with Crippen LogP contribution in [0.15, 0.2) is 0 Å². The number of likely N-dealkylation sites (N-methyl/N-ethyl adjacent to an activating group) is 1. The predicted molar refractivity (Wildman–Crippen MR) is 128 cm³/mol. The molecule has 3 fully saturated rings. The summed E-state index contributed by atoms with van der Waals surface area (Å²) in [6.45, 7) is 8.17. The summed E-state index contributed by atoms with van der Waals surface area (Å²) in [7, 11) is 4.27. The molecule has 0 bridgehead atoms. The minimum absolute atomic E-state index is 0.280. The molecule has 1 saturated carbocycles. The fourth-order valence-electron chi connectivity index (χ4n) is 4.75. The molecular formula is C24H39F6N3O6. The number of carbonyl (C=O) groups excluding carboxylic acids is 1. The lowest BCUT2D eigenvalue weighted by Gasteiger charge is -2.40. The van der Waals surface area contributed by atoms with Crippen molar-refractivity contribution in [1.29, 1.82) is 0 Å². The number of hydrogen-bond donors (Lipinski definition) is 2. The van der Waals surface area contributed by atoms with E-state index >= 15 is 0 Å². The minimum atomic E-state index is -5.08. The second-order valence-corrected chi connectivity index (χ2v) is 10.3. The Hall–Kier alpha value is -2.13. The van der Waals surface area contributed by atoms with Gasteiger partial charge in [0.15, 0.2) is 0 Å². The molecule has 9 nitrogen and oxygen atoms in total. The fraction of sp³-hybridized carbons (Fsp3) is 0.875. The van der Waals surface area contributed by atoms with Gasteiger partial charge in [-0.25, -0.2) is 9.59 Å². The number of halogens is 6. The van der Waals surface area contributed by atoms with Crippen molar-refractivity contribution in [3.8, 4) is 0 Å². The van der Waals surface area contributed by atoms with Crippen molar-refractivity contribution in [3.63, 3.8) is 0 Å². The van der Waals surface area contributed by atoms with E-state index in [2.05, 4.69) is 35.7 Å². The van der Waals surface area contributed by atoms with Gasteiger partial charge in [-0.15, -0.1) is 0 Å². The average Bonchev–Trinajstić information content (AvgIpc) is 3.05. The summed E-state index contributed by atoms with van der Waals surface area (Å²) in [4.78, 5) is 37.8. The van der Waals surface area contributed by atoms with Crippen LogP contribution in [-0.4, -0.2) is 121 Å². The van der Waals surface area contributed by atoms with Crippen LogP contribution < -0.4 is 0 Å². The number of rotatable bonds is 4. The number of morpholine rings is 1. The Bertz CT molecular complexity index is 763. The van der Waals surface area contributed by atoms with E-state index in [9.17, 15) is 31.1 Å². The van der Waals surface area contributed by atoms with E-state index in [0.29, 0.717) is 18.1 Å². The number of carboxylic acid groups (broad SMARTS) is 2. The third-order valence-corrected chi connectivity index (χ3v) is 6.98. The van der Waals surface area contributed by atoms with Crippen molar-refractivity contribution >= 4 is 17.8 Å². The predicted octanol–water partition coefficient (Wildman–Crippen LogP) is 3.33. The van der Waals surface area contributed by atoms with E-state index in [-0.39, 0.29) is 5.92 Å². The quantitative estimate of drug-likeness (QED) is 0.489. The number of aliphatic carboxylic acids is 2. The van der Waals surface area contributed by atoms with Gasteiger partial charge in [-0.2, -0.15) is 26.3 Å². The smallest absolute Gasteiger partial charge is 0.475 e. The van der Waals surface area contributed by atoms with Crippen molar-refractivity contribution in [1.82, 2.24) is 14.7 Å². The van der Waals surface area contributed by atoms with Crippen LogP contribution in [0, 0.1) is 11.8 Å². The summed E-state index contributed by atoms with van der Waals surface area (Å²) in [5, 5.41) is 14.2. The zero-order valence-corrected chi connectivity index (χ0v) is 22.4. The zero-order valence-electron chi connectivity index (χ0n) is 22.4. The van der Waals surface area contributed by atoms with Crippen molar-refractivity contribution < 1.29 is 55.7 Å². The van der Waals surface area contributed by atoms with Crippen LogP contribution in [0.1, 0.15) is 45.4 Å². The molecule has 1 amide bonds. The van der Waals surface area contributed by atoms with Crippen LogP contribution in [0.25, 0.3) is 0 Å². The molecule has 3 aliphatic rings. The van der Waals surface area contributed by atoms with Gasteiger partial charge in [0, 0.05) is 44.7 Å². The molecule has 2 saturated heterocycles. The molecule has 2 N–H and O–H groups in total. The van der Waals surface area contributed by atoms with Gasteiger partial charge < -0.3 is 24.7 Å². The maximum absolute atomic E-state index is 13.0. The molecule has 0 aromatic rings. The van der Waals surface area contributed by atoms with Crippen LogP contribution in [0.4, 0.5) is 26.3 Å². The lowest BCUT2D eigenvalue weighted by Crippen LogP contribution is -2.52. The van der Waals surface area contributed by atoms with E-state index < -0.39 is 24.3 Å². The first-order valence-corrected chi connectivity index (χ1v) is 12.8. The molecule has 1 aliphatic carbocycles. The van der Waals surface area contributed by atoms with Crippen LogP contribution in [0.2, 0.25) is 0 Å². The number of amides is 1. The number of carbonyl (C=O) groups is 3. The highest BCUT2D eigenvalue weighted by Gasteiger charge is 2.39. The van der Waals surface area contributed by atoms with Crippen molar-refractivity contribution in [3.05, 3.63) is 0 Å². The van der Waals surface area contributed by atoms with Gasteiger partial charge in [0.05, 0.1) is 12.7 Å². The first kappa shape index (κ1) is 34.9. The zero-order chi connectivity index (χ0) is 30.0. The Morgan fingerprint density at radius 3 is 1.79 bits per heavy atom. The topological polar surface area (TPSA) is 111 Å². The number of ether oxygens (including phenoxy) is 1. The maximum atomic E-state index is 13.0. The van der Waals surface area contributed by atoms with Gasteiger partial charge in [0.1, 0.15) is 0 Å². The molecule has 0 spiro atoms. The highest BCUT2D eigenvalue weighted by molar-refractivity contribution is 5.79. The van der Waals surface area contributed by atoms with Gasteiger partial charge in [0.2, 0.25) is 5.91 Å². The lowest BCUT2D eigenvalue weighted by molar-refractivity contribution is -0.193. The van der Waals surface area contributed by atoms with Crippen molar-refractivity contribution in [2.75, 3.05) is 53.4 Å². The van der Waals surface area contributed by atoms with E-state index in [1.165, 1.54) is 12.8 Å². The Balaban J connectivity index is 0.000000449. The monoisotopic (exact) mass is 579 g/mol. The van der Waals surface area contributed by atoms with Crippen LogP contribution in [0.3, 0.4) is 0 Å². The summed E-state index contributed by atoms with van der Waals surface area (Å²) in [5.41, 5.74) is 0. The molecule has 2 aliphatic heterocycles. The molecule has 39 heavy (non-hydrogen) atoms. The third-order valence-electron chi connectivity index (χ3n) is 6.98. The first-order chi connectivity index (χ1) is 17.9. The Morgan fingerprint density at radius 2 is 1.33 bits per heavy atom. The number of fused-ring (bicyclic) bond motifs is 1.